The van der Waals surface area contributed by atoms with Gasteiger partial charge in [-0.25, -0.2) is 13.1 Å². The van der Waals surface area contributed by atoms with Crippen LogP contribution in [0.4, 0.5) is 0 Å². The summed E-state index contributed by atoms with van der Waals surface area (Å²) in [5.41, 5.74) is 1.22. The normalized spacial score (nSPS) is 11.8. The number of nitrogens with one attached hydrogen (secondary N) is 2. The highest BCUT2D eigenvalue weighted by Crippen LogP contribution is 2.02. The molecular weight excluding hydrogens is 248 g/mol. The van der Waals surface area contributed by atoms with Gasteiger partial charge in [0, 0.05) is 17.7 Å². The maximum absolute atomic E-state index is 11.6. The number of sulfonamides is 1. The topological polar surface area (TPSA) is 70.0 Å². The standard InChI is InChI=1S/C13H18N2O2S/c1-2-6-13(14)11-15-18(16,17)10-9-12-7-4-3-5-8-12/h3-5,7-10,14-15H,2,6,11H2,1H3. The quantitative estimate of drug-likeness (QED) is 0.744. The van der Waals surface area contributed by atoms with Gasteiger partial charge in [-0.05, 0) is 18.1 Å². The van der Waals surface area contributed by atoms with Crippen LogP contribution in [0.1, 0.15) is 25.3 Å². The predicted octanol–water partition coefficient (Wildman–Crippen LogP) is 2.40. The van der Waals surface area contributed by atoms with Gasteiger partial charge in [-0.1, -0.05) is 43.7 Å². The largest absolute Gasteiger partial charge is 0.308 e. The van der Waals surface area contributed by atoms with Crippen molar-refractivity contribution in [3.63, 3.8) is 0 Å². The van der Waals surface area contributed by atoms with Crippen molar-refractivity contribution in [3.05, 3.63) is 41.3 Å². The fourth-order valence-corrected chi connectivity index (χ4v) is 2.17. The van der Waals surface area contributed by atoms with Crippen LogP contribution in [0.5, 0.6) is 0 Å². The first-order chi connectivity index (χ1) is 8.53. The number of hydrogen-bond donors (Lipinski definition) is 2. The van der Waals surface area contributed by atoms with Crippen molar-refractivity contribution in [2.45, 2.75) is 19.8 Å². The van der Waals surface area contributed by atoms with Crippen LogP contribution in [-0.2, 0) is 10.0 Å². The average molecular weight is 266 g/mol. The molecule has 5 heteroatoms. The lowest BCUT2D eigenvalue weighted by Gasteiger charge is -2.03. The average Bonchev–Trinajstić information content (AvgIpc) is 2.36. The maximum atomic E-state index is 11.6. The summed E-state index contributed by atoms with van der Waals surface area (Å²) < 4.78 is 25.6. The Bertz CT molecular complexity index is 507. The lowest BCUT2D eigenvalue weighted by Crippen LogP contribution is -2.27. The number of rotatable bonds is 7. The van der Waals surface area contributed by atoms with E-state index >= 15 is 0 Å². The van der Waals surface area contributed by atoms with Crippen molar-refractivity contribution in [1.29, 1.82) is 5.41 Å². The van der Waals surface area contributed by atoms with E-state index in [1.54, 1.807) is 0 Å². The summed E-state index contributed by atoms with van der Waals surface area (Å²) in [4.78, 5) is 0. The van der Waals surface area contributed by atoms with E-state index < -0.39 is 10.0 Å². The molecule has 1 aromatic carbocycles. The zero-order valence-electron chi connectivity index (χ0n) is 10.4. The van der Waals surface area contributed by atoms with Gasteiger partial charge in [-0.3, -0.25) is 0 Å². The van der Waals surface area contributed by atoms with Crippen molar-refractivity contribution in [2.75, 3.05) is 6.54 Å². The minimum absolute atomic E-state index is 0.0787. The zero-order valence-corrected chi connectivity index (χ0v) is 11.2. The van der Waals surface area contributed by atoms with Crippen LogP contribution >= 0.6 is 0 Å². The van der Waals surface area contributed by atoms with E-state index in [2.05, 4.69) is 4.72 Å². The number of benzene rings is 1. The predicted molar refractivity (Wildman–Crippen MR) is 75.0 cm³/mol. The van der Waals surface area contributed by atoms with Gasteiger partial charge in [0.1, 0.15) is 0 Å². The Morgan fingerprint density at radius 2 is 2.00 bits per heavy atom. The SMILES string of the molecule is CCCC(=N)CNS(=O)(=O)C=Cc1ccccc1. The molecule has 0 aliphatic rings. The highest BCUT2D eigenvalue weighted by Gasteiger charge is 2.05. The van der Waals surface area contributed by atoms with Crippen LogP contribution in [0.2, 0.25) is 0 Å². The molecule has 0 amide bonds. The van der Waals surface area contributed by atoms with Gasteiger partial charge in [0.05, 0.1) is 0 Å². The highest BCUT2D eigenvalue weighted by atomic mass is 32.2. The minimum atomic E-state index is -3.46. The second-order valence-electron chi connectivity index (χ2n) is 3.93. The molecule has 0 saturated heterocycles. The minimum Gasteiger partial charge on any atom is -0.308 e. The summed E-state index contributed by atoms with van der Waals surface area (Å²) in [5.74, 6) is 0. The van der Waals surface area contributed by atoms with Crippen molar-refractivity contribution in [3.8, 4) is 0 Å². The summed E-state index contributed by atoms with van der Waals surface area (Å²) in [7, 11) is -3.46. The highest BCUT2D eigenvalue weighted by molar-refractivity contribution is 7.92. The summed E-state index contributed by atoms with van der Waals surface area (Å²) in [6, 6.07) is 9.21. The van der Waals surface area contributed by atoms with Gasteiger partial charge in [0.2, 0.25) is 10.0 Å². The van der Waals surface area contributed by atoms with Crippen molar-refractivity contribution >= 4 is 21.8 Å². The van der Waals surface area contributed by atoms with Gasteiger partial charge < -0.3 is 5.41 Å². The Balaban J connectivity index is 2.55. The molecule has 0 unspecified atom stereocenters. The summed E-state index contributed by atoms with van der Waals surface area (Å²) in [6.45, 7) is 2.04. The Hall–Kier alpha value is -1.46. The number of hydrogen-bond acceptors (Lipinski definition) is 3. The molecule has 0 saturated carbocycles. The Morgan fingerprint density at radius 1 is 1.33 bits per heavy atom. The van der Waals surface area contributed by atoms with Crippen LogP contribution in [0, 0.1) is 5.41 Å². The Labute approximate surface area is 108 Å². The van der Waals surface area contributed by atoms with Crippen LogP contribution in [0.3, 0.4) is 0 Å². The zero-order chi connectivity index (χ0) is 13.4. The van der Waals surface area contributed by atoms with Gasteiger partial charge in [-0.15, -0.1) is 0 Å². The van der Waals surface area contributed by atoms with Crippen LogP contribution < -0.4 is 4.72 Å². The van der Waals surface area contributed by atoms with Gasteiger partial charge in [0.15, 0.2) is 0 Å². The van der Waals surface area contributed by atoms with Crippen LogP contribution in [0.15, 0.2) is 35.7 Å². The van der Waals surface area contributed by atoms with Crippen LogP contribution in [-0.4, -0.2) is 20.7 Å². The molecule has 0 atom stereocenters. The van der Waals surface area contributed by atoms with Gasteiger partial charge >= 0.3 is 0 Å². The molecule has 0 radical (unpaired) electrons. The lowest BCUT2D eigenvalue weighted by molar-refractivity contribution is 0.595. The third-order valence-corrected chi connectivity index (χ3v) is 3.32. The van der Waals surface area contributed by atoms with Crippen molar-refractivity contribution in [1.82, 2.24) is 4.72 Å². The van der Waals surface area contributed by atoms with E-state index in [4.69, 9.17) is 5.41 Å². The van der Waals surface area contributed by atoms with E-state index in [1.807, 2.05) is 37.3 Å². The van der Waals surface area contributed by atoms with E-state index in [1.165, 1.54) is 6.08 Å². The van der Waals surface area contributed by atoms with E-state index in [0.717, 1.165) is 17.4 Å². The molecule has 0 aliphatic carbocycles. The molecule has 1 rings (SSSR count). The molecule has 4 nitrogen and oxygen atoms in total. The summed E-state index contributed by atoms with van der Waals surface area (Å²) in [5, 5.41) is 8.64. The molecule has 0 aliphatic heterocycles. The van der Waals surface area contributed by atoms with Crippen LogP contribution in [0.25, 0.3) is 6.08 Å². The van der Waals surface area contributed by atoms with E-state index in [-0.39, 0.29) is 6.54 Å². The van der Waals surface area contributed by atoms with Gasteiger partial charge in [0.25, 0.3) is 0 Å². The molecule has 98 valence electrons. The van der Waals surface area contributed by atoms with E-state index in [9.17, 15) is 8.42 Å². The molecular formula is C13H18N2O2S. The van der Waals surface area contributed by atoms with Crippen molar-refractivity contribution < 1.29 is 8.42 Å². The maximum Gasteiger partial charge on any atom is 0.234 e. The monoisotopic (exact) mass is 266 g/mol. The first-order valence-electron chi connectivity index (χ1n) is 5.82. The summed E-state index contributed by atoms with van der Waals surface area (Å²) >= 11 is 0. The molecule has 0 fully saturated rings. The second kappa shape index (κ2) is 7.08. The summed E-state index contributed by atoms with van der Waals surface area (Å²) in [6.07, 6.45) is 3.00. The fraction of sp³-hybridized carbons (Fsp3) is 0.308. The lowest BCUT2D eigenvalue weighted by atomic mass is 10.2. The van der Waals surface area contributed by atoms with Crippen molar-refractivity contribution in [2.24, 2.45) is 0 Å². The third-order valence-electron chi connectivity index (χ3n) is 2.28. The smallest absolute Gasteiger partial charge is 0.234 e. The second-order valence-corrected chi connectivity index (χ2v) is 5.58. The fourth-order valence-electron chi connectivity index (χ4n) is 1.36. The van der Waals surface area contributed by atoms with E-state index in [0.29, 0.717) is 12.1 Å². The molecule has 0 bridgehead atoms. The third kappa shape index (κ3) is 5.75. The first kappa shape index (κ1) is 14.6. The molecule has 1 aromatic rings. The Kier molecular flexibility index (Phi) is 5.74. The molecule has 0 spiro atoms. The first-order valence-corrected chi connectivity index (χ1v) is 7.37. The molecule has 2 N–H and O–H groups in total. The molecule has 18 heavy (non-hydrogen) atoms. The molecule has 0 aromatic heterocycles. The Morgan fingerprint density at radius 3 is 2.61 bits per heavy atom. The molecule has 0 heterocycles. The van der Waals surface area contributed by atoms with Gasteiger partial charge in [-0.2, -0.15) is 0 Å².